The van der Waals surface area contributed by atoms with E-state index in [1.807, 2.05) is 36.6 Å². The second-order valence-corrected chi connectivity index (χ2v) is 4.19. The molecule has 0 aromatic carbocycles. The normalized spacial score (nSPS) is 10.8. The average molecular weight is 248 g/mol. The Morgan fingerprint density at radius 2 is 2.28 bits per heavy atom. The maximum atomic E-state index is 10.4. The molecule has 1 N–H and O–H groups in total. The summed E-state index contributed by atoms with van der Waals surface area (Å²) in [5.41, 5.74) is 2.83. The third-order valence-electron chi connectivity index (χ3n) is 2.88. The number of hydrogen-bond acceptors (Lipinski definition) is 3. The number of carbonyl (C=O) groups is 1. The van der Waals surface area contributed by atoms with E-state index in [-0.39, 0.29) is 6.42 Å². The molecule has 0 aliphatic heterocycles. The van der Waals surface area contributed by atoms with E-state index in [1.165, 1.54) is 0 Å². The van der Waals surface area contributed by atoms with Crippen LogP contribution in [0.2, 0.25) is 0 Å². The molecule has 2 heterocycles. The number of aromatic nitrogens is 2. The first-order valence-corrected chi connectivity index (χ1v) is 5.88. The van der Waals surface area contributed by atoms with Crippen molar-refractivity contribution in [2.75, 3.05) is 6.61 Å². The van der Waals surface area contributed by atoms with E-state index in [4.69, 9.17) is 9.84 Å². The lowest BCUT2D eigenvalue weighted by Gasteiger charge is -2.06. The molecule has 5 nitrogen and oxygen atoms in total. The van der Waals surface area contributed by atoms with Crippen molar-refractivity contribution in [3.05, 3.63) is 29.7 Å². The summed E-state index contributed by atoms with van der Waals surface area (Å²) < 4.78 is 7.57. The van der Waals surface area contributed by atoms with Gasteiger partial charge in [0.15, 0.2) is 11.4 Å². The van der Waals surface area contributed by atoms with Gasteiger partial charge in [0.25, 0.3) is 0 Å². The van der Waals surface area contributed by atoms with E-state index >= 15 is 0 Å². The topological polar surface area (TPSA) is 63.8 Å². The molecule has 2 rings (SSSR count). The lowest BCUT2D eigenvalue weighted by atomic mass is 10.3. The van der Waals surface area contributed by atoms with Gasteiger partial charge in [0.1, 0.15) is 0 Å². The van der Waals surface area contributed by atoms with Gasteiger partial charge in [-0.25, -0.2) is 4.98 Å². The number of imidazole rings is 1. The fourth-order valence-corrected chi connectivity index (χ4v) is 1.79. The lowest BCUT2D eigenvalue weighted by Crippen LogP contribution is -2.03. The van der Waals surface area contributed by atoms with Crippen molar-refractivity contribution >= 4 is 11.6 Å². The van der Waals surface area contributed by atoms with Crippen LogP contribution in [0.4, 0.5) is 0 Å². The highest BCUT2D eigenvalue weighted by atomic mass is 16.5. The molecule has 0 spiro atoms. The number of aliphatic carboxylic acids is 1. The van der Waals surface area contributed by atoms with Crippen LogP contribution < -0.4 is 4.74 Å². The van der Waals surface area contributed by atoms with Gasteiger partial charge in [0.2, 0.25) is 0 Å². The van der Waals surface area contributed by atoms with Crippen LogP contribution in [0.15, 0.2) is 18.3 Å². The maximum absolute atomic E-state index is 10.4. The van der Waals surface area contributed by atoms with Crippen LogP contribution in [0.25, 0.3) is 5.65 Å². The summed E-state index contributed by atoms with van der Waals surface area (Å²) in [6.45, 7) is 4.34. The number of pyridine rings is 1. The van der Waals surface area contributed by atoms with Gasteiger partial charge in [0, 0.05) is 18.3 Å². The van der Waals surface area contributed by atoms with E-state index in [2.05, 4.69) is 4.98 Å². The second kappa shape index (κ2) is 5.08. The summed E-state index contributed by atoms with van der Waals surface area (Å²) in [5, 5.41) is 8.55. The minimum absolute atomic E-state index is 0.121. The SMILES string of the molecule is Cc1nc2c(OCCCC(=O)O)cccn2c1C. The first kappa shape index (κ1) is 12.4. The Kier molecular flexibility index (Phi) is 3.50. The Morgan fingerprint density at radius 1 is 1.50 bits per heavy atom. The fraction of sp³-hybridized carbons (Fsp3) is 0.385. The molecule has 0 atom stereocenters. The van der Waals surface area contributed by atoms with Crippen LogP contribution in [-0.4, -0.2) is 27.1 Å². The summed E-state index contributed by atoms with van der Waals surface area (Å²) in [6, 6.07) is 3.75. The van der Waals surface area contributed by atoms with Crippen LogP contribution in [-0.2, 0) is 4.79 Å². The van der Waals surface area contributed by atoms with Gasteiger partial charge in [-0.3, -0.25) is 4.79 Å². The van der Waals surface area contributed by atoms with E-state index < -0.39 is 5.97 Å². The van der Waals surface area contributed by atoms with Crippen LogP contribution >= 0.6 is 0 Å². The van der Waals surface area contributed by atoms with E-state index in [9.17, 15) is 4.79 Å². The van der Waals surface area contributed by atoms with Gasteiger partial charge >= 0.3 is 5.97 Å². The molecular formula is C13H16N2O3. The highest BCUT2D eigenvalue weighted by Gasteiger charge is 2.09. The summed E-state index contributed by atoms with van der Waals surface area (Å²) in [7, 11) is 0. The zero-order chi connectivity index (χ0) is 13.1. The van der Waals surface area contributed by atoms with Gasteiger partial charge in [-0.15, -0.1) is 0 Å². The Balaban J connectivity index is 2.13. The number of fused-ring (bicyclic) bond motifs is 1. The molecule has 0 amide bonds. The molecule has 0 bridgehead atoms. The third kappa shape index (κ3) is 2.45. The summed E-state index contributed by atoms with van der Waals surface area (Å²) in [4.78, 5) is 14.8. The van der Waals surface area contributed by atoms with Crippen molar-refractivity contribution in [1.29, 1.82) is 0 Å². The Bertz CT molecular complexity index is 575. The average Bonchev–Trinajstić information content (AvgIpc) is 2.62. The Hall–Kier alpha value is -2.04. The summed E-state index contributed by atoms with van der Waals surface area (Å²) in [5.74, 6) is -0.108. The molecule has 0 aliphatic carbocycles. The van der Waals surface area contributed by atoms with Gasteiger partial charge in [-0.1, -0.05) is 0 Å². The Morgan fingerprint density at radius 3 is 3.00 bits per heavy atom. The molecular weight excluding hydrogens is 232 g/mol. The van der Waals surface area contributed by atoms with Crippen molar-refractivity contribution in [1.82, 2.24) is 9.38 Å². The molecule has 0 unspecified atom stereocenters. The molecule has 0 fully saturated rings. The number of hydrogen-bond donors (Lipinski definition) is 1. The largest absolute Gasteiger partial charge is 0.490 e. The second-order valence-electron chi connectivity index (χ2n) is 4.19. The smallest absolute Gasteiger partial charge is 0.303 e. The maximum Gasteiger partial charge on any atom is 0.303 e. The van der Waals surface area contributed by atoms with Crippen molar-refractivity contribution < 1.29 is 14.6 Å². The number of aryl methyl sites for hydroxylation is 2. The van der Waals surface area contributed by atoms with E-state index in [0.29, 0.717) is 18.8 Å². The van der Waals surface area contributed by atoms with Crippen LogP contribution in [0.1, 0.15) is 24.2 Å². The quantitative estimate of drug-likeness (QED) is 0.824. The lowest BCUT2D eigenvalue weighted by molar-refractivity contribution is -0.137. The summed E-state index contributed by atoms with van der Waals surface area (Å²) >= 11 is 0. The van der Waals surface area contributed by atoms with Crippen LogP contribution in [0.5, 0.6) is 5.75 Å². The zero-order valence-corrected chi connectivity index (χ0v) is 10.5. The minimum Gasteiger partial charge on any atom is -0.490 e. The molecule has 2 aromatic heterocycles. The van der Waals surface area contributed by atoms with Crippen LogP contribution in [0.3, 0.4) is 0 Å². The number of rotatable bonds is 5. The number of carboxylic acid groups (broad SMARTS) is 1. The van der Waals surface area contributed by atoms with Gasteiger partial charge in [-0.2, -0.15) is 0 Å². The van der Waals surface area contributed by atoms with E-state index in [0.717, 1.165) is 17.0 Å². The number of ether oxygens (including phenoxy) is 1. The van der Waals surface area contributed by atoms with Crippen molar-refractivity contribution in [2.24, 2.45) is 0 Å². The summed E-state index contributed by atoms with van der Waals surface area (Å²) in [6.07, 6.45) is 2.56. The van der Waals surface area contributed by atoms with E-state index in [1.54, 1.807) is 0 Å². The fourth-order valence-electron chi connectivity index (χ4n) is 1.79. The predicted molar refractivity (Wildman–Crippen MR) is 67.0 cm³/mol. The first-order chi connectivity index (χ1) is 8.59. The predicted octanol–water partition coefficient (Wildman–Crippen LogP) is 2.19. The first-order valence-electron chi connectivity index (χ1n) is 5.88. The molecule has 96 valence electrons. The molecule has 0 saturated carbocycles. The zero-order valence-electron chi connectivity index (χ0n) is 10.5. The number of carboxylic acids is 1. The van der Waals surface area contributed by atoms with Gasteiger partial charge < -0.3 is 14.2 Å². The van der Waals surface area contributed by atoms with Crippen molar-refractivity contribution in [2.45, 2.75) is 26.7 Å². The molecule has 5 heteroatoms. The monoisotopic (exact) mass is 248 g/mol. The van der Waals surface area contributed by atoms with Crippen molar-refractivity contribution in [3.8, 4) is 5.75 Å². The highest BCUT2D eigenvalue weighted by molar-refractivity contribution is 5.66. The minimum atomic E-state index is -0.802. The Labute approximate surface area is 105 Å². The van der Waals surface area contributed by atoms with Gasteiger partial charge in [0.05, 0.1) is 12.3 Å². The molecule has 0 saturated heterocycles. The molecule has 2 aromatic rings. The van der Waals surface area contributed by atoms with Gasteiger partial charge in [-0.05, 0) is 32.4 Å². The highest BCUT2D eigenvalue weighted by Crippen LogP contribution is 2.21. The van der Waals surface area contributed by atoms with Crippen LogP contribution in [0, 0.1) is 13.8 Å². The molecule has 0 aliphatic rings. The number of nitrogens with zero attached hydrogens (tertiary/aromatic N) is 2. The molecule has 18 heavy (non-hydrogen) atoms. The standard InChI is InChI=1S/C13H16N2O3/c1-9-10(2)15-7-3-5-11(13(15)14-9)18-8-4-6-12(16)17/h3,5,7H,4,6,8H2,1-2H3,(H,16,17). The molecule has 0 radical (unpaired) electrons. The third-order valence-corrected chi connectivity index (χ3v) is 2.88. The van der Waals surface area contributed by atoms with Crippen molar-refractivity contribution in [3.63, 3.8) is 0 Å².